The Kier molecular flexibility index (Phi) is 3.06. The van der Waals surface area contributed by atoms with Crippen molar-refractivity contribution in [3.63, 3.8) is 0 Å². The molecule has 0 radical (unpaired) electrons. The van der Waals surface area contributed by atoms with E-state index in [9.17, 15) is 5.11 Å². The van der Waals surface area contributed by atoms with Gasteiger partial charge in [-0.15, -0.1) is 0 Å². The van der Waals surface area contributed by atoms with E-state index in [2.05, 4.69) is 0 Å². The van der Waals surface area contributed by atoms with E-state index in [1.54, 1.807) is 6.92 Å². The fourth-order valence-corrected chi connectivity index (χ4v) is 0.933. The van der Waals surface area contributed by atoms with Crippen LogP contribution in [0.2, 0.25) is 0 Å². The van der Waals surface area contributed by atoms with Crippen LogP contribution >= 0.6 is 0 Å². The molecule has 1 rings (SSSR count). The van der Waals surface area contributed by atoms with E-state index in [1.165, 1.54) is 0 Å². The summed E-state index contributed by atoms with van der Waals surface area (Å²) in [7, 11) is 0. The van der Waals surface area contributed by atoms with Crippen molar-refractivity contribution in [3.8, 4) is 0 Å². The average molecular weight is 162 g/mol. The van der Waals surface area contributed by atoms with Crippen LogP contribution in [0.3, 0.4) is 0 Å². The smallest absolute Gasteiger partial charge is 0.0722 e. The van der Waals surface area contributed by atoms with Gasteiger partial charge in [-0.2, -0.15) is 0 Å². The van der Waals surface area contributed by atoms with Crippen molar-refractivity contribution >= 4 is 6.08 Å². The van der Waals surface area contributed by atoms with Crippen molar-refractivity contribution in [2.75, 3.05) is 0 Å². The van der Waals surface area contributed by atoms with Gasteiger partial charge in [0.15, 0.2) is 0 Å². The molecule has 0 amide bonds. The third-order valence-corrected chi connectivity index (χ3v) is 1.85. The third kappa shape index (κ3) is 2.51. The van der Waals surface area contributed by atoms with Crippen LogP contribution in [-0.2, 0) is 0 Å². The summed E-state index contributed by atoms with van der Waals surface area (Å²) in [4.78, 5) is 0. The molecule has 0 unspecified atom stereocenters. The first-order valence-corrected chi connectivity index (χ1v) is 4.11. The van der Waals surface area contributed by atoms with Gasteiger partial charge in [0, 0.05) is 0 Å². The summed E-state index contributed by atoms with van der Waals surface area (Å²) in [5.41, 5.74) is 2.12. The second-order valence-corrected chi connectivity index (χ2v) is 2.98. The lowest BCUT2D eigenvalue weighted by Crippen LogP contribution is -1.99. The summed E-state index contributed by atoms with van der Waals surface area (Å²) >= 11 is 0. The van der Waals surface area contributed by atoms with Crippen molar-refractivity contribution in [1.29, 1.82) is 0 Å². The second kappa shape index (κ2) is 4.07. The van der Waals surface area contributed by atoms with Crippen LogP contribution in [0, 0.1) is 0 Å². The van der Waals surface area contributed by atoms with Gasteiger partial charge in [0.1, 0.15) is 0 Å². The van der Waals surface area contributed by atoms with Crippen molar-refractivity contribution in [1.82, 2.24) is 0 Å². The van der Waals surface area contributed by atoms with Crippen molar-refractivity contribution in [3.05, 3.63) is 41.5 Å². The molecular formula is C11H14O. The molecule has 0 aliphatic heterocycles. The maximum Gasteiger partial charge on any atom is 0.0722 e. The fraction of sp³-hybridized carbons (Fsp3) is 0.273. The minimum atomic E-state index is -0.356. The highest BCUT2D eigenvalue weighted by atomic mass is 16.3. The molecule has 1 aromatic rings. The van der Waals surface area contributed by atoms with Crippen LogP contribution in [-0.4, -0.2) is 11.2 Å². The van der Waals surface area contributed by atoms with Crippen LogP contribution in [0.25, 0.3) is 6.08 Å². The summed E-state index contributed by atoms with van der Waals surface area (Å²) in [6.45, 7) is 3.70. The Hall–Kier alpha value is -1.08. The zero-order chi connectivity index (χ0) is 8.97. The zero-order valence-corrected chi connectivity index (χ0v) is 7.49. The number of aliphatic hydroxyl groups is 1. The number of hydrogen-bond donors (Lipinski definition) is 1. The molecule has 0 saturated carbocycles. The number of benzene rings is 1. The van der Waals surface area contributed by atoms with Crippen LogP contribution < -0.4 is 0 Å². The third-order valence-electron chi connectivity index (χ3n) is 1.85. The van der Waals surface area contributed by atoms with Gasteiger partial charge >= 0.3 is 0 Å². The zero-order valence-electron chi connectivity index (χ0n) is 7.49. The number of hydrogen-bond acceptors (Lipinski definition) is 1. The van der Waals surface area contributed by atoms with Gasteiger partial charge in [0.05, 0.1) is 6.10 Å². The van der Waals surface area contributed by atoms with Gasteiger partial charge in [0.2, 0.25) is 0 Å². The molecule has 0 spiro atoms. The maximum atomic E-state index is 9.21. The molecule has 1 heteroatoms. The van der Waals surface area contributed by atoms with E-state index in [4.69, 9.17) is 0 Å². The molecule has 1 N–H and O–H groups in total. The van der Waals surface area contributed by atoms with Gasteiger partial charge in [-0.3, -0.25) is 0 Å². The summed E-state index contributed by atoms with van der Waals surface area (Å²) in [6.07, 6.45) is 1.63. The molecule has 0 bridgehead atoms. The first-order chi connectivity index (χ1) is 5.70. The fourth-order valence-electron chi connectivity index (χ4n) is 0.933. The molecule has 0 aliphatic carbocycles. The van der Waals surface area contributed by atoms with Crippen LogP contribution in [0.1, 0.15) is 19.4 Å². The lowest BCUT2D eigenvalue weighted by molar-refractivity contribution is 0.232. The molecule has 1 nitrogen and oxygen atoms in total. The minimum Gasteiger partial charge on any atom is -0.389 e. The van der Waals surface area contributed by atoms with Crippen molar-refractivity contribution in [2.24, 2.45) is 0 Å². The van der Waals surface area contributed by atoms with Gasteiger partial charge < -0.3 is 5.11 Å². The molecule has 1 atom stereocenters. The quantitative estimate of drug-likeness (QED) is 0.708. The molecule has 12 heavy (non-hydrogen) atoms. The summed E-state index contributed by atoms with van der Waals surface area (Å²) in [5.74, 6) is 0. The van der Waals surface area contributed by atoms with E-state index >= 15 is 0 Å². The first-order valence-electron chi connectivity index (χ1n) is 4.11. The van der Waals surface area contributed by atoms with E-state index in [0.717, 1.165) is 11.1 Å². The molecule has 0 aliphatic rings. The molecule has 0 heterocycles. The summed E-state index contributed by atoms with van der Waals surface area (Å²) < 4.78 is 0. The molecular weight excluding hydrogens is 148 g/mol. The Morgan fingerprint density at radius 3 is 2.42 bits per heavy atom. The summed E-state index contributed by atoms with van der Waals surface area (Å²) in [6, 6.07) is 10.00. The number of aliphatic hydroxyl groups excluding tert-OH is 1. The molecule has 1 aromatic carbocycles. The normalized spacial score (nSPS) is 14.4. The molecule has 0 saturated heterocycles. The topological polar surface area (TPSA) is 20.2 Å². The van der Waals surface area contributed by atoms with E-state index in [-0.39, 0.29) is 6.10 Å². The second-order valence-electron chi connectivity index (χ2n) is 2.98. The van der Waals surface area contributed by atoms with Gasteiger partial charge in [-0.25, -0.2) is 0 Å². The van der Waals surface area contributed by atoms with E-state index < -0.39 is 0 Å². The Bertz CT molecular complexity index is 260. The SMILES string of the molecule is CC(=Cc1ccccc1)[C@H](C)O. The lowest BCUT2D eigenvalue weighted by atomic mass is 10.1. The minimum absolute atomic E-state index is 0.356. The van der Waals surface area contributed by atoms with Crippen molar-refractivity contribution in [2.45, 2.75) is 20.0 Å². The molecule has 64 valence electrons. The van der Waals surface area contributed by atoms with Gasteiger partial charge in [-0.1, -0.05) is 36.4 Å². The van der Waals surface area contributed by atoms with Gasteiger partial charge in [-0.05, 0) is 25.0 Å². The average Bonchev–Trinajstić information content (AvgIpc) is 2.06. The molecule has 0 fully saturated rings. The summed E-state index contributed by atoms with van der Waals surface area (Å²) in [5, 5.41) is 9.21. The van der Waals surface area contributed by atoms with Crippen LogP contribution in [0.15, 0.2) is 35.9 Å². The standard InChI is InChI=1S/C11H14O/c1-9(10(2)12)8-11-6-4-3-5-7-11/h3-8,10,12H,1-2H3/t10-/m0/s1. The largest absolute Gasteiger partial charge is 0.389 e. The Balaban J connectivity index is 2.81. The lowest BCUT2D eigenvalue weighted by Gasteiger charge is -2.03. The predicted molar refractivity (Wildman–Crippen MR) is 51.8 cm³/mol. The Morgan fingerprint density at radius 1 is 1.33 bits per heavy atom. The van der Waals surface area contributed by atoms with Gasteiger partial charge in [0.25, 0.3) is 0 Å². The first kappa shape index (κ1) is 9.01. The monoisotopic (exact) mass is 162 g/mol. The molecule has 0 aromatic heterocycles. The van der Waals surface area contributed by atoms with Crippen LogP contribution in [0.5, 0.6) is 0 Å². The predicted octanol–water partition coefficient (Wildman–Crippen LogP) is 2.47. The maximum absolute atomic E-state index is 9.21. The van der Waals surface area contributed by atoms with Crippen molar-refractivity contribution < 1.29 is 5.11 Å². The highest BCUT2D eigenvalue weighted by Gasteiger charge is 1.96. The number of rotatable bonds is 2. The van der Waals surface area contributed by atoms with E-state index in [0.29, 0.717) is 0 Å². The Morgan fingerprint density at radius 2 is 1.92 bits per heavy atom. The highest BCUT2D eigenvalue weighted by molar-refractivity contribution is 5.52. The van der Waals surface area contributed by atoms with Crippen LogP contribution in [0.4, 0.5) is 0 Å². The van der Waals surface area contributed by atoms with E-state index in [1.807, 2.05) is 43.3 Å². The highest BCUT2D eigenvalue weighted by Crippen LogP contribution is 2.08. The Labute approximate surface area is 73.4 Å².